The second-order valence-electron chi connectivity index (χ2n) is 6.98. The lowest BCUT2D eigenvalue weighted by atomic mass is 10.1. The minimum atomic E-state index is 0.151. The lowest BCUT2D eigenvalue weighted by Gasteiger charge is -2.35. The summed E-state index contributed by atoms with van der Waals surface area (Å²) in [7, 11) is 0. The van der Waals surface area contributed by atoms with Gasteiger partial charge in [-0.15, -0.1) is 0 Å². The van der Waals surface area contributed by atoms with Crippen LogP contribution in [0.1, 0.15) is 25.0 Å². The first-order chi connectivity index (χ1) is 13.1. The van der Waals surface area contributed by atoms with Crippen LogP contribution in [-0.4, -0.2) is 48.5 Å². The zero-order valence-electron chi connectivity index (χ0n) is 16.2. The molecule has 2 heterocycles. The van der Waals surface area contributed by atoms with Gasteiger partial charge < -0.3 is 15.1 Å². The van der Waals surface area contributed by atoms with E-state index in [1.807, 2.05) is 23.2 Å². The zero-order chi connectivity index (χ0) is 19.1. The fourth-order valence-corrected chi connectivity index (χ4v) is 3.37. The quantitative estimate of drug-likeness (QED) is 0.856. The van der Waals surface area contributed by atoms with Gasteiger partial charge in [-0.05, 0) is 18.6 Å². The van der Waals surface area contributed by atoms with Crippen molar-refractivity contribution in [2.75, 3.05) is 37.6 Å². The Balaban J connectivity index is 1.57. The Kier molecular flexibility index (Phi) is 6.60. The number of anilines is 1. The van der Waals surface area contributed by atoms with E-state index in [0.29, 0.717) is 0 Å². The van der Waals surface area contributed by atoms with Gasteiger partial charge in [-0.1, -0.05) is 48.0 Å². The van der Waals surface area contributed by atoms with Crippen LogP contribution >= 0.6 is 0 Å². The number of carbonyl (C=O) groups excluding carboxylic acids is 1. The lowest BCUT2D eigenvalue weighted by molar-refractivity contribution is -0.129. The van der Waals surface area contributed by atoms with Crippen molar-refractivity contribution in [1.82, 2.24) is 15.2 Å². The summed E-state index contributed by atoms with van der Waals surface area (Å²) in [5.41, 5.74) is 3.71. The molecule has 1 aromatic heterocycles. The average Bonchev–Trinajstić information content (AvgIpc) is 2.69. The van der Waals surface area contributed by atoms with E-state index < -0.39 is 0 Å². The van der Waals surface area contributed by atoms with Crippen molar-refractivity contribution in [3.05, 3.63) is 65.4 Å². The number of benzene rings is 1. The van der Waals surface area contributed by atoms with E-state index >= 15 is 0 Å². The molecule has 1 aromatic carbocycles. The van der Waals surface area contributed by atoms with Gasteiger partial charge in [-0.3, -0.25) is 4.79 Å². The molecular formula is C22H28N4O. The number of hydrogen-bond acceptors (Lipinski definition) is 4. The maximum atomic E-state index is 11.5. The van der Waals surface area contributed by atoms with Crippen LogP contribution in [0.4, 0.5) is 5.82 Å². The molecule has 0 bridgehead atoms. The second kappa shape index (κ2) is 9.33. The van der Waals surface area contributed by atoms with Gasteiger partial charge in [0.2, 0.25) is 5.91 Å². The maximum absolute atomic E-state index is 11.5. The third-order valence-corrected chi connectivity index (χ3v) is 4.82. The number of amides is 1. The number of hydrogen-bond donors (Lipinski definition) is 1. The summed E-state index contributed by atoms with van der Waals surface area (Å²) in [5, 5.41) is 3.53. The predicted octanol–water partition coefficient (Wildman–Crippen LogP) is 2.94. The minimum Gasteiger partial charge on any atom is -0.353 e. The van der Waals surface area contributed by atoms with Crippen molar-refractivity contribution in [1.29, 1.82) is 0 Å². The summed E-state index contributed by atoms with van der Waals surface area (Å²) in [4.78, 5) is 20.3. The van der Waals surface area contributed by atoms with Crippen LogP contribution in [0.15, 0.2) is 54.2 Å². The molecule has 1 aliphatic heterocycles. The van der Waals surface area contributed by atoms with Gasteiger partial charge in [-0.2, -0.15) is 0 Å². The van der Waals surface area contributed by atoms with Crippen molar-refractivity contribution in [3.8, 4) is 0 Å². The fraction of sp³-hybridized carbons (Fsp3) is 0.364. The molecule has 5 nitrogen and oxygen atoms in total. The van der Waals surface area contributed by atoms with Gasteiger partial charge in [0.15, 0.2) is 0 Å². The van der Waals surface area contributed by atoms with E-state index in [-0.39, 0.29) is 5.91 Å². The highest BCUT2D eigenvalue weighted by atomic mass is 16.2. The first-order valence-electron chi connectivity index (χ1n) is 9.51. The highest BCUT2D eigenvalue weighted by Gasteiger charge is 2.21. The van der Waals surface area contributed by atoms with Gasteiger partial charge in [0.25, 0.3) is 0 Å². The molecule has 3 rings (SSSR count). The van der Waals surface area contributed by atoms with Crippen LogP contribution in [0.2, 0.25) is 0 Å². The van der Waals surface area contributed by atoms with E-state index in [1.54, 1.807) is 6.92 Å². The molecule has 27 heavy (non-hydrogen) atoms. The molecule has 0 saturated carbocycles. The number of rotatable bonds is 6. The van der Waals surface area contributed by atoms with Gasteiger partial charge in [0, 0.05) is 58.0 Å². The van der Waals surface area contributed by atoms with Crippen molar-refractivity contribution in [2.24, 2.45) is 0 Å². The molecule has 0 spiro atoms. The highest BCUT2D eigenvalue weighted by molar-refractivity contribution is 5.73. The van der Waals surface area contributed by atoms with Crippen LogP contribution in [0.5, 0.6) is 0 Å². The topological polar surface area (TPSA) is 48.5 Å². The lowest BCUT2D eigenvalue weighted by Crippen LogP contribution is -2.48. The Morgan fingerprint density at radius 3 is 2.52 bits per heavy atom. The number of aromatic nitrogens is 1. The van der Waals surface area contributed by atoms with E-state index in [1.165, 1.54) is 16.7 Å². The molecule has 1 fully saturated rings. The summed E-state index contributed by atoms with van der Waals surface area (Å²) in [6.45, 7) is 8.57. The van der Waals surface area contributed by atoms with Gasteiger partial charge in [0.05, 0.1) is 0 Å². The van der Waals surface area contributed by atoms with Crippen LogP contribution in [-0.2, 0) is 11.3 Å². The van der Waals surface area contributed by atoms with Crippen molar-refractivity contribution in [3.63, 3.8) is 0 Å². The Morgan fingerprint density at radius 2 is 1.81 bits per heavy atom. The van der Waals surface area contributed by atoms with Gasteiger partial charge >= 0.3 is 0 Å². The molecule has 0 atom stereocenters. The molecule has 1 N–H and O–H groups in total. The first kappa shape index (κ1) is 19.1. The summed E-state index contributed by atoms with van der Waals surface area (Å²) in [5.74, 6) is 1.18. The van der Waals surface area contributed by atoms with E-state index in [9.17, 15) is 4.79 Å². The number of pyridine rings is 1. The summed E-state index contributed by atoms with van der Waals surface area (Å²) >= 11 is 0. The third kappa shape index (κ3) is 5.41. The molecule has 1 aliphatic rings. The minimum absolute atomic E-state index is 0.151. The smallest absolute Gasteiger partial charge is 0.219 e. The molecule has 142 valence electrons. The molecule has 5 heteroatoms. The fourth-order valence-electron chi connectivity index (χ4n) is 3.37. The second-order valence-corrected chi connectivity index (χ2v) is 6.98. The van der Waals surface area contributed by atoms with Crippen LogP contribution in [0, 0.1) is 0 Å². The van der Waals surface area contributed by atoms with Crippen molar-refractivity contribution >= 4 is 17.8 Å². The molecule has 1 saturated heterocycles. The average molecular weight is 364 g/mol. The number of piperazine rings is 1. The summed E-state index contributed by atoms with van der Waals surface area (Å²) < 4.78 is 0. The Morgan fingerprint density at radius 1 is 1.07 bits per heavy atom. The van der Waals surface area contributed by atoms with Gasteiger partial charge in [0.1, 0.15) is 5.82 Å². The monoisotopic (exact) mass is 364 g/mol. The predicted molar refractivity (Wildman–Crippen MR) is 111 cm³/mol. The zero-order valence-corrected chi connectivity index (χ0v) is 16.2. The summed E-state index contributed by atoms with van der Waals surface area (Å²) in [6.07, 6.45) is 4.05. The van der Waals surface area contributed by atoms with Crippen LogP contribution < -0.4 is 10.2 Å². The Bertz CT molecular complexity index is 780. The Hall–Kier alpha value is -2.66. The highest BCUT2D eigenvalue weighted by Crippen LogP contribution is 2.19. The third-order valence-electron chi connectivity index (χ3n) is 4.82. The van der Waals surface area contributed by atoms with Crippen LogP contribution in [0.3, 0.4) is 0 Å². The molecule has 0 radical (unpaired) electrons. The van der Waals surface area contributed by atoms with Gasteiger partial charge in [-0.25, -0.2) is 4.98 Å². The Labute approximate surface area is 161 Å². The SMILES string of the molecule is CC(=O)N1CCN(c2ncccc2CNCC(C)=Cc2ccccc2)CC1. The molecule has 0 unspecified atom stereocenters. The van der Waals surface area contributed by atoms with Crippen molar-refractivity contribution in [2.45, 2.75) is 20.4 Å². The molecule has 2 aromatic rings. The number of nitrogens with one attached hydrogen (secondary N) is 1. The van der Waals surface area contributed by atoms with E-state index in [0.717, 1.165) is 45.1 Å². The molecule has 0 aliphatic carbocycles. The largest absolute Gasteiger partial charge is 0.353 e. The normalized spacial score (nSPS) is 15.1. The maximum Gasteiger partial charge on any atom is 0.219 e. The van der Waals surface area contributed by atoms with Crippen LogP contribution in [0.25, 0.3) is 6.08 Å². The number of carbonyl (C=O) groups is 1. The number of nitrogens with zero attached hydrogens (tertiary/aromatic N) is 3. The summed E-state index contributed by atoms with van der Waals surface area (Å²) in [6, 6.07) is 14.5. The molecule has 1 amide bonds. The van der Waals surface area contributed by atoms with E-state index in [2.05, 4.69) is 58.5 Å². The standard InChI is InChI=1S/C22H28N4O/c1-18(15-20-7-4-3-5-8-20)16-23-17-21-9-6-10-24-22(21)26-13-11-25(12-14-26)19(2)27/h3-10,15,23H,11-14,16-17H2,1-2H3. The molecular weight excluding hydrogens is 336 g/mol. The van der Waals surface area contributed by atoms with E-state index in [4.69, 9.17) is 0 Å². The first-order valence-corrected chi connectivity index (χ1v) is 9.51. The van der Waals surface area contributed by atoms with Crippen molar-refractivity contribution < 1.29 is 4.79 Å².